The Morgan fingerprint density at radius 1 is 0.909 bits per heavy atom. The van der Waals surface area contributed by atoms with Crippen molar-refractivity contribution in [2.24, 2.45) is 5.92 Å². The summed E-state index contributed by atoms with van der Waals surface area (Å²) in [7, 11) is 1.68. The minimum Gasteiger partial charge on any atom is -0.497 e. The molecule has 4 rings (SSSR count). The van der Waals surface area contributed by atoms with Crippen LogP contribution in [0.4, 0.5) is 10.5 Å². The largest absolute Gasteiger partial charge is 0.497 e. The van der Waals surface area contributed by atoms with E-state index >= 15 is 0 Å². The molecule has 2 N–H and O–H groups in total. The van der Waals surface area contributed by atoms with Crippen LogP contribution < -0.4 is 20.3 Å². The maximum atomic E-state index is 12.4. The summed E-state index contributed by atoms with van der Waals surface area (Å²) in [5.74, 6) is 1.74. The molecule has 0 atom stereocenters. The lowest BCUT2D eigenvalue weighted by atomic mass is 9.99. The molecule has 2 aromatic carbocycles. The fourth-order valence-corrected chi connectivity index (χ4v) is 4.73. The van der Waals surface area contributed by atoms with Crippen LogP contribution in [0.5, 0.6) is 5.75 Å². The van der Waals surface area contributed by atoms with Gasteiger partial charge in [0, 0.05) is 37.9 Å². The average molecular weight is 451 g/mol. The fraction of sp³-hybridized carbons (Fsp3) is 0.519. The number of carbonyl (C=O) groups excluding carboxylic acids is 1. The summed E-state index contributed by atoms with van der Waals surface area (Å²) in [5, 5.41) is 6.16. The number of rotatable bonds is 7. The van der Waals surface area contributed by atoms with Gasteiger partial charge in [-0.2, -0.15) is 0 Å². The number of nitrogens with zero attached hydrogens (tertiary/aromatic N) is 2. The summed E-state index contributed by atoms with van der Waals surface area (Å²) in [6.45, 7) is 8.20. The maximum Gasteiger partial charge on any atom is 0.315 e. The zero-order chi connectivity index (χ0) is 23.0. The molecule has 0 unspecified atom stereocenters. The lowest BCUT2D eigenvalue weighted by molar-refractivity contribution is 0.185. The van der Waals surface area contributed by atoms with Gasteiger partial charge in [0.15, 0.2) is 0 Å². The third kappa shape index (κ3) is 6.87. The van der Waals surface area contributed by atoms with Gasteiger partial charge < -0.3 is 20.3 Å². The van der Waals surface area contributed by atoms with Crippen molar-refractivity contribution >= 4 is 11.7 Å². The molecule has 0 saturated carbocycles. The highest BCUT2D eigenvalue weighted by molar-refractivity contribution is 5.74. The molecule has 0 spiro atoms. The zero-order valence-electron chi connectivity index (χ0n) is 20.1. The van der Waals surface area contributed by atoms with E-state index in [0.717, 1.165) is 49.7 Å². The van der Waals surface area contributed by atoms with Crippen LogP contribution in [-0.4, -0.2) is 50.3 Å². The Morgan fingerprint density at radius 2 is 1.55 bits per heavy atom. The first-order valence-corrected chi connectivity index (χ1v) is 12.3. The summed E-state index contributed by atoms with van der Waals surface area (Å²) in [6.07, 6.45) is 4.50. The Hall–Kier alpha value is -2.73. The van der Waals surface area contributed by atoms with E-state index in [0.29, 0.717) is 6.54 Å². The van der Waals surface area contributed by atoms with E-state index in [9.17, 15) is 4.79 Å². The predicted molar refractivity (Wildman–Crippen MR) is 134 cm³/mol. The number of hydrogen-bond donors (Lipinski definition) is 2. The van der Waals surface area contributed by atoms with Crippen molar-refractivity contribution in [1.82, 2.24) is 15.5 Å². The molecule has 6 heteroatoms. The highest BCUT2D eigenvalue weighted by atomic mass is 16.5. The van der Waals surface area contributed by atoms with Crippen molar-refractivity contribution in [3.05, 3.63) is 59.7 Å². The van der Waals surface area contributed by atoms with Crippen LogP contribution in [0.25, 0.3) is 0 Å². The van der Waals surface area contributed by atoms with E-state index < -0.39 is 0 Å². The van der Waals surface area contributed by atoms with Crippen molar-refractivity contribution in [3.63, 3.8) is 0 Å². The Bertz CT molecular complexity index is 868. The second-order valence-corrected chi connectivity index (χ2v) is 9.56. The summed E-state index contributed by atoms with van der Waals surface area (Å²) < 4.78 is 5.24. The quantitative estimate of drug-likeness (QED) is 0.657. The monoisotopic (exact) mass is 450 g/mol. The number of urea groups is 1. The van der Waals surface area contributed by atoms with Crippen molar-refractivity contribution in [2.45, 2.75) is 51.7 Å². The van der Waals surface area contributed by atoms with Gasteiger partial charge in [0.1, 0.15) is 5.75 Å². The van der Waals surface area contributed by atoms with Crippen molar-refractivity contribution in [1.29, 1.82) is 0 Å². The number of methoxy groups -OCH3 is 1. The van der Waals surface area contributed by atoms with Crippen LogP contribution in [0.2, 0.25) is 0 Å². The highest BCUT2D eigenvalue weighted by Crippen LogP contribution is 2.23. The first-order valence-electron chi connectivity index (χ1n) is 12.3. The molecule has 2 fully saturated rings. The van der Waals surface area contributed by atoms with E-state index in [4.69, 9.17) is 4.74 Å². The maximum absolute atomic E-state index is 12.4. The van der Waals surface area contributed by atoms with Gasteiger partial charge >= 0.3 is 6.03 Å². The lowest BCUT2D eigenvalue weighted by Gasteiger charge is -2.34. The van der Waals surface area contributed by atoms with Gasteiger partial charge in [0.25, 0.3) is 0 Å². The Balaban J connectivity index is 1.15. The van der Waals surface area contributed by atoms with E-state index in [2.05, 4.69) is 63.8 Å². The Morgan fingerprint density at radius 3 is 2.18 bits per heavy atom. The number of benzene rings is 2. The zero-order valence-corrected chi connectivity index (χ0v) is 20.1. The molecule has 0 radical (unpaired) electrons. The fourth-order valence-electron chi connectivity index (χ4n) is 4.73. The Labute approximate surface area is 198 Å². The summed E-state index contributed by atoms with van der Waals surface area (Å²) in [4.78, 5) is 17.3. The number of amides is 2. The molecule has 0 bridgehead atoms. The van der Waals surface area contributed by atoms with E-state index in [-0.39, 0.29) is 12.1 Å². The lowest BCUT2D eigenvalue weighted by Crippen LogP contribution is -2.47. The second-order valence-electron chi connectivity index (χ2n) is 9.56. The van der Waals surface area contributed by atoms with Gasteiger partial charge in [0.2, 0.25) is 0 Å². The molecular formula is C27H38N4O2. The first-order chi connectivity index (χ1) is 16.1. The Kier molecular flexibility index (Phi) is 8.10. The molecule has 2 aliphatic rings. The van der Waals surface area contributed by atoms with Crippen LogP contribution >= 0.6 is 0 Å². The molecule has 0 aromatic heterocycles. The van der Waals surface area contributed by atoms with Gasteiger partial charge in [-0.1, -0.05) is 31.2 Å². The standard InChI is InChI=1S/C27H38N4O2/c1-21-11-15-30(16-12-21)20-23-5-3-22(4-6-23)19-28-27(32)29-24-13-17-31(18-14-24)25-7-9-26(33-2)10-8-25/h3-10,21,24H,11-20H2,1-2H3,(H2,28,29,32). The molecule has 2 aromatic rings. The number of hydrogen-bond acceptors (Lipinski definition) is 4. The molecule has 2 saturated heterocycles. The van der Waals surface area contributed by atoms with Gasteiger partial charge in [-0.25, -0.2) is 4.79 Å². The van der Waals surface area contributed by atoms with Crippen molar-refractivity contribution < 1.29 is 9.53 Å². The molecule has 2 aliphatic heterocycles. The topological polar surface area (TPSA) is 56.8 Å². The number of anilines is 1. The molecule has 178 valence electrons. The summed E-state index contributed by atoms with van der Waals surface area (Å²) in [6, 6.07) is 17.0. The molecule has 6 nitrogen and oxygen atoms in total. The van der Waals surface area contributed by atoms with E-state index in [1.807, 2.05) is 12.1 Å². The van der Waals surface area contributed by atoms with E-state index in [1.165, 1.54) is 37.2 Å². The third-order valence-corrected chi connectivity index (χ3v) is 7.03. The van der Waals surface area contributed by atoms with Gasteiger partial charge in [-0.05, 0) is 80.1 Å². The van der Waals surface area contributed by atoms with Crippen LogP contribution in [0.15, 0.2) is 48.5 Å². The molecule has 0 aliphatic carbocycles. The SMILES string of the molecule is COc1ccc(N2CCC(NC(=O)NCc3ccc(CN4CCC(C)CC4)cc3)CC2)cc1. The van der Waals surface area contributed by atoms with Crippen molar-refractivity contribution in [2.75, 3.05) is 38.2 Å². The number of nitrogens with one attached hydrogen (secondary N) is 2. The highest BCUT2D eigenvalue weighted by Gasteiger charge is 2.21. The van der Waals surface area contributed by atoms with Gasteiger partial charge in [-0.15, -0.1) is 0 Å². The number of ether oxygens (including phenoxy) is 1. The van der Waals surface area contributed by atoms with Crippen LogP contribution in [-0.2, 0) is 13.1 Å². The molecular weight excluding hydrogens is 412 g/mol. The average Bonchev–Trinajstić information content (AvgIpc) is 2.85. The smallest absolute Gasteiger partial charge is 0.315 e. The first kappa shape index (κ1) is 23.4. The minimum absolute atomic E-state index is 0.0792. The summed E-state index contributed by atoms with van der Waals surface area (Å²) >= 11 is 0. The van der Waals surface area contributed by atoms with Crippen LogP contribution in [0.3, 0.4) is 0 Å². The second kappa shape index (κ2) is 11.4. The molecule has 2 amide bonds. The summed E-state index contributed by atoms with van der Waals surface area (Å²) in [5.41, 5.74) is 3.69. The predicted octanol–water partition coefficient (Wildman–Crippen LogP) is 4.40. The molecule has 33 heavy (non-hydrogen) atoms. The van der Waals surface area contributed by atoms with Crippen LogP contribution in [0, 0.1) is 5.92 Å². The van der Waals surface area contributed by atoms with Gasteiger partial charge in [0.05, 0.1) is 7.11 Å². The van der Waals surface area contributed by atoms with E-state index in [1.54, 1.807) is 7.11 Å². The number of piperidine rings is 2. The number of carbonyl (C=O) groups is 1. The number of likely N-dealkylation sites (tertiary alicyclic amines) is 1. The van der Waals surface area contributed by atoms with Crippen molar-refractivity contribution in [3.8, 4) is 5.75 Å². The normalized spacial score (nSPS) is 18.2. The molecule has 2 heterocycles. The minimum atomic E-state index is -0.0792. The third-order valence-electron chi connectivity index (χ3n) is 7.03. The van der Waals surface area contributed by atoms with Gasteiger partial charge in [-0.3, -0.25) is 4.90 Å². The van der Waals surface area contributed by atoms with Crippen LogP contribution in [0.1, 0.15) is 43.7 Å².